The van der Waals surface area contributed by atoms with Crippen LogP contribution in [0.4, 0.5) is 0 Å². The molecule has 1 saturated carbocycles. The van der Waals surface area contributed by atoms with Crippen molar-refractivity contribution in [3.8, 4) is 0 Å². The van der Waals surface area contributed by atoms with Crippen molar-refractivity contribution in [2.45, 2.75) is 44.6 Å². The minimum Gasteiger partial charge on any atom is -0.550 e. The summed E-state index contributed by atoms with van der Waals surface area (Å²) in [6.07, 6.45) is 8.97. The summed E-state index contributed by atoms with van der Waals surface area (Å²) in [5.74, 6) is -2.34. The van der Waals surface area contributed by atoms with E-state index in [2.05, 4.69) is 5.32 Å². The van der Waals surface area contributed by atoms with Crippen LogP contribution in [0.15, 0.2) is 12.2 Å². The highest BCUT2D eigenvalue weighted by molar-refractivity contribution is 5.84. The van der Waals surface area contributed by atoms with Crippen molar-refractivity contribution in [1.29, 1.82) is 0 Å². The minimum absolute atomic E-state index is 0.115. The molecular weight excluding hydrogens is 218 g/mol. The lowest BCUT2D eigenvalue weighted by Gasteiger charge is -2.29. The fraction of sp³-hybridized carbons (Fsp3) is 0.692. The van der Waals surface area contributed by atoms with Crippen molar-refractivity contribution < 1.29 is 14.7 Å². The third-order valence-corrected chi connectivity index (χ3v) is 3.77. The molecule has 2 atom stereocenters. The molecule has 0 aliphatic heterocycles. The summed E-state index contributed by atoms with van der Waals surface area (Å²) in [5, 5.41) is 14.0. The van der Waals surface area contributed by atoms with E-state index in [1.54, 1.807) is 0 Å². The van der Waals surface area contributed by atoms with E-state index in [0.29, 0.717) is 12.8 Å². The fourth-order valence-electron chi connectivity index (χ4n) is 2.74. The number of allylic oxidation sites excluding steroid dienone is 2. The van der Waals surface area contributed by atoms with E-state index in [9.17, 15) is 14.7 Å². The lowest BCUT2D eigenvalue weighted by atomic mass is 9.82. The Labute approximate surface area is 101 Å². The first-order chi connectivity index (χ1) is 8.18. The number of carboxylic acids is 1. The Bertz CT molecular complexity index is 332. The Morgan fingerprint density at radius 2 is 1.65 bits per heavy atom. The van der Waals surface area contributed by atoms with Crippen LogP contribution in [0.2, 0.25) is 0 Å². The summed E-state index contributed by atoms with van der Waals surface area (Å²) in [6, 6.07) is 0.246. The van der Waals surface area contributed by atoms with Crippen LogP contribution in [0.3, 0.4) is 0 Å². The van der Waals surface area contributed by atoms with Gasteiger partial charge in [-0.25, -0.2) is 0 Å². The van der Waals surface area contributed by atoms with Crippen molar-refractivity contribution in [2.24, 2.45) is 11.8 Å². The fourth-order valence-corrected chi connectivity index (χ4v) is 2.74. The van der Waals surface area contributed by atoms with Gasteiger partial charge in [0.25, 0.3) is 0 Å². The summed E-state index contributed by atoms with van der Waals surface area (Å²) in [6.45, 7) is 0. The zero-order valence-corrected chi connectivity index (χ0v) is 9.85. The van der Waals surface area contributed by atoms with Gasteiger partial charge < -0.3 is 15.2 Å². The maximum Gasteiger partial charge on any atom is 0.224 e. The van der Waals surface area contributed by atoms with Gasteiger partial charge in [0, 0.05) is 23.8 Å². The molecular formula is C13H18NO3-. The van der Waals surface area contributed by atoms with Crippen LogP contribution in [-0.2, 0) is 9.59 Å². The monoisotopic (exact) mass is 236 g/mol. The van der Waals surface area contributed by atoms with E-state index in [4.69, 9.17) is 0 Å². The van der Waals surface area contributed by atoms with Crippen LogP contribution in [0, 0.1) is 11.8 Å². The molecule has 2 aliphatic rings. The molecule has 1 N–H and O–H groups in total. The predicted octanol–water partition coefficient (Wildman–Crippen LogP) is 0.377. The Morgan fingerprint density at radius 1 is 1.06 bits per heavy atom. The average molecular weight is 236 g/mol. The maximum atomic E-state index is 12.0. The van der Waals surface area contributed by atoms with Crippen molar-refractivity contribution in [3.63, 3.8) is 0 Å². The van der Waals surface area contributed by atoms with E-state index in [-0.39, 0.29) is 11.9 Å². The number of hydrogen-bond donors (Lipinski definition) is 1. The van der Waals surface area contributed by atoms with Crippen molar-refractivity contribution in [3.05, 3.63) is 12.2 Å². The molecule has 0 aromatic carbocycles. The molecule has 2 aliphatic carbocycles. The first-order valence-electron chi connectivity index (χ1n) is 6.34. The Kier molecular flexibility index (Phi) is 3.82. The van der Waals surface area contributed by atoms with Crippen LogP contribution in [0.5, 0.6) is 0 Å². The van der Waals surface area contributed by atoms with Gasteiger partial charge in [-0.2, -0.15) is 0 Å². The number of carboxylic acid groups (broad SMARTS) is 1. The first kappa shape index (κ1) is 12.1. The van der Waals surface area contributed by atoms with Crippen molar-refractivity contribution in [2.75, 3.05) is 0 Å². The van der Waals surface area contributed by atoms with Gasteiger partial charge in [-0.05, 0) is 25.7 Å². The third kappa shape index (κ3) is 2.87. The molecule has 0 heterocycles. The summed E-state index contributed by atoms with van der Waals surface area (Å²) >= 11 is 0. The number of carbonyl (C=O) groups excluding carboxylic acids is 2. The second kappa shape index (κ2) is 5.34. The van der Waals surface area contributed by atoms with Crippen LogP contribution in [-0.4, -0.2) is 17.9 Å². The van der Waals surface area contributed by atoms with E-state index >= 15 is 0 Å². The molecule has 1 fully saturated rings. The molecule has 0 aromatic rings. The molecule has 0 bridgehead atoms. The number of nitrogens with one attached hydrogen (secondary N) is 1. The predicted molar refractivity (Wildman–Crippen MR) is 60.8 cm³/mol. The minimum atomic E-state index is -1.11. The van der Waals surface area contributed by atoms with Crippen LogP contribution < -0.4 is 10.4 Å². The van der Waals surface area contributed by atoms with Crippen LogP contribution in [0.1, 0.15) is 38.5 Å². The molecule has 0 spiro atoms. The van der Waals surface area contributed by atoms with E-state index in [1.807, 2.05) is 12.2 Å². The number of aliphatic carboxylic acids is 1. The summed E-state index contributed by atoms with van der Waals surface area (Å²) < 4.78 is 0. The van der Waals surface area contributed by atoms with Crippen LogP contribution in [0.25, 0.3) is 0 Å². The topological polar surface area (TPSA) is 69.2 Å². The summed E-state index contributed by atoms with van der Waals surface area (Å²) in [4.78, 5) is 23.0. The summed E-state index contributed by atoms with van der Waals surface area (Å²) in [5.41, 5.74) is 0. The highest BCUT2D eigenvalue weighted by Gasteiger charge is 2.31. The molecule has 2 rings (SSSR count). The standard InChI is InChI=1S/C13H19NO3/c15-12(14-9-5-1-2-6-9)10-7-3-4-8-11(10)13(16)17/h3-4,9-11H,1-2,5-8H2,(H,14,15)(H,16,17)/p-1. The smallest absolute Gasteiger partial charge is 0.224 e. The van der Waals surface area contributed by atoms with Gasteiger partial charge in [0.2, 0.25) is 5.91 Å². The number of carbonyl (C=O) groups is 2. The zero-order chi connectivity index (χ0) is 12.3. The largest absolute Gasteiger partial charge is 0.550 e. The molecule has 2 unspecified atom stereocenters. The van der Waals surface area contributed by atoms with E-state index in [0.717, 1.165) is 25.7 Å². The third-order valence-electron chi connectivity index (χ3n) is 3.77. The zero-order valence-electron chi connectivity index (χ0n) is 9.85. The molecule has 4 nitrogen and oxygen atoms in total. The number of amides is 1. The maximum absolute atomic E-state index is 12.0. The van der Waals surface area contributed by atoms with Gasteiger partial charge in [-0.1, -0.05) is 25.0 Å². The Hall–Kier alpha value is -1.32. The lowest BCUT2D eigenvalue weighted by molar-refractivity contribution is -0.313. The SMILES string of the molecule is O=C([O-])C1CC=CCC1C(=O)NC1CCCC1. The highest BCUT2D eigenvalue weighted by atomic mass is 16.4. The number of hydrogen-bond acceptors (Lipinski definition) is 3. The van der Waals surface area contributed by atoms with Gasteiger partial charge in [-0.3, -0.25) is 4.79 Å². The second-order valence-corrected chi connectivity index (χ2v) is 4.96. The van der Waals surface area contributed by atoms with E-state index < -0.39 is 17.8 Å². The van der Waals surface area contributed by atoms with Gasteiger partial charge in [0.15, 0.2) is 0 Å². The number of rotatable bonds is 3. The van der Waals surface area contributed by atoms with Crippen LogP contribution >= 0.6 is 0 Å². The average Bonchev–Trinajstić information content (AvgIpc) is 2.81. The molecule has 0 radical (unpaired) electrons. The molecule has 1 amide bonds. The highest BCUT2D eigenvalue weighted by Crippen LogP contribution is 2.26. The quantitative estimate of drug-likeness (QED) is 0.720. The molecule has 94 valence electrons. The van der Waals surface area contributed by atoms with Gasteiger partial charge in [-0.15, -0.1) is 0 Å². The normalized spacial score (nSPS) is 29.2. The summed E-state index contributed by atoms with van der Waals surface area (Å²) in [7, 11) is 0. The second-order valence-electron chi connectivity index (χ2n) is 4.96. The molecule has 4 heteroatoms. The lowest BCUT2D eigenvalue weighted by Crippen LogP contribution is -2.45. The molecule has 0 aromatic heterocycles. The van der Waals surface area contributed by atoms with Gasteiger partial charge in [0.05, 0.1) is 0 Å². The Balaban J connectivity index is 1.96. The van der Waals surface area contributed by atoms with Crippen molar-refractivity contribution in [1.82, 2.24) is 5.32 Å². The van der Waals surface area contributed by atoms with E-state index in [1.165, 1.54) is 0 Å². The Morgan fingerprint density at radius 3 is 2.24 bits per heavy atom. The van der Waals surface area contributed by atoms with Gasteiger partial charge in [0.1, 0.15) is 0 Å². The van der Waals surface area contributed by atoms with Crippen molar-refractivity contribution >= 4 is 11.9 Å². The van der Waals surface area contributed by atoms with Gasteiger partial charge >= 0.3 is 0 Å². The molecule has 17 heavy (non-hydrogen) atoms. The molecule has 0 saturated heterocycles. The first-order valence-corrected chi connectivity index (χ1v) is 6.34.